The van der Waals surface area contributed by atoms with Gasteiger partial charge in [0, 0.05) is 5.56 Å². The van der Waals surface area contributed by atoms with Gasteiger partial charge in [0.2, 0.25) is 5.43 Å². The van der Waals surface area contributed by atoms with E-state index in [1.807, 2.05) is 0 Å². The molecule has 5 nitrogen and oxygen atoms in total. The maximum atomic E-state index is 11.9. The van der Waals surface area contributed by atoms with E-state index in [1.165, 1.54) is 13.2 Å². The van der Waals surface area contributed by atoms with Crippen LogP contribution in [0.1, 0.15) is 22.3 Å². The van der Waals surface area contributed by atoms with Crippen molar-refractivity contribution in [3.05, 3.63) is 45.8 Å². The van der Waals surface area contributed by atoms with Gasteiger partial charge in [-0.1, -0.05) is 11.8 Å². The van der Waals surface area contributed by atoms with Crippen LogP contribution in [-0.4, -0.2) is 19.4 Å². The Morgan fingerprint density at radius 3 is 2.95 bits per heavy atom. The van der Waals surface area contributed by atoms with Crippen LogP contribution in [0.4, 0.5) is 0 Å². The first-order valence-electron chi connectivity index (χ1n) is 5.72. The average molecular weight is 270 g/mol. The van der Waals surface area contributed by atoms with Crippen molar-refractivity contribution in [2.24, 2.45) is 0 Å². The lowest BCUT2D eigenvalue weighted by Gasteiger charge is -1.98. The molecule has 20 heavy (non-hydrogen) atoms. The van der Waals surface area contributed by atoms with Crippen molar-refractivity contribution in [3.63, 3.8) is 0 Å². The summed E-state index contributed by atoms with van der Waals surface area (Å²) in [6.45, 7) is 0. The molecule has 0 saturated carbocycles. The van der Waals surface area contributed by atoms with Gasteiger partial charge in [0.05, 0.1) is 18.1 Å². The van der Waals surface area contributed by atoms with Crippen molar-refractivity contribution in [2.45, 2.75) is 6.42 Å². The molecule has 100 valence electrons. The standard InChI is InChI=1S/C15H10O5/c1-19-14(17)4-2-3-10-5-6-13-12(7-10)15(18)11(8-16)9-20-13/h5-9H,4H2,1H3. The van der Waals surface area contributed by atoms with Crippen molar-refractivity contribution in [3.8, 4) is 11.8 Å². The number of carbonyl (C=O) groups excluding carboxylic acids is 2. The Morgan fingerprint density at radius 1 is 1.45 bits per heavy atom. The molecule has 0 aliphatic carbocycles. The van der Waals surface area contributed by atoms with Crippen molar-refractivity contribution in [2.75, 3.05) is 7.11 Å². The number of methoxy groups -OCH3 is 1. The number of hydrogen-bond donors (Lipinski definition) is 0. The molecule has 1 aromatic carbocycles. The van der Waals surface area contributed by atoms with Crippen molar-refractivity contribution in [1.29, 1.82) is 0 Å². The number of carbonyl (C=O) groups is 2. The van der Waals surface area contributed by atoms with E-state index in [-0.39, 0.29) is 17.4 Å². The summed E-state index contributed by atoms with van der Waals surface area (Å²) in [4.78, 5) is 33.5. The number of fused-ring (bicyclic) bond motifs is 1. The molecular formula is C15H10O5. The van der Waals surface area contributed by atoms with E-state index in [4.69, 9.17) is 4.42 Å². The van der Waals surface area contributed by atoms with Gasteiger partial charge in [0.1, 0.15) is 18.3 Å². The summed E-state index contributed by atoms with van der Waals surface area (Å²) in [6.07, 6.45) is 1.54. The molecule has 0 radical (unpaired) electrons. The lowest BCUT2D eigenvalue weighted by Crippen LogP contribution is -2.07. The SMILES string of the molecule is COC(=O)CC#Cc1ccc2occ(C=O)c(=O)c2c1. The minimum atomic E-state index is -0.430. The highest BCUT2D eigenvalue weighted by Gasteiger charge is 2.06. The Labute approximate surface area is 114 Å². The van der Waals surface area contributed by atoms with Gasteiger partial charge in [0.25, 0.3) is 0 Å². The first-order chi connectivity index (χ1) is 9.65. The van der Waals surface area contributed by atoms with Crippen LogP contribution in [0, 0.1) is 11.8 Å². The molecule has 0 atom stereocenters. The van der Waals surface area contributed by atoms with Crippen LogP contribution in [0.2, 0.25) is 0 Å². The van der Waals surface area contributed by atoms with Crippen LogP contribution in [-0.2, 0) is 9.53 Å². The molecule has 2 aromatic rings. The summed E-state index contributed by atoms with van der Waals surface area (Å²) in [5.74, 6) is 4.96. The quantitative estimate of drug-likeness (QED) is 0.470. The van der Waals surface area contributed by atoms with Crippen LogP contribution >= 0.6 is 0 Å². The van der Waals surface area contributed by atoms with Crippen LogP contribution in [0.15, 0.2) is 33.7 Å². The largest absolute Gasteiger partial charge is 0.468 e. The minimum absolute atomic E-state index is 0.0302. The Hall–Kier alpha value is -2.87. The van der Waals surface area contributed by atoms with E-state index in [1.54, 1.807) is 12.1 Å². The van der Waals surface area contributed by atoms with Gasteiger partial charge < -0.3 is 9.15 Å². The van der Waals surface area contributed by atoms with Crippen molar-refractivity contribution >= 4 is 23.2 Å². The predicted molar refractivity (Wildman–Crippen MR) is 71.4 cm³/mol. The zero-order valence-corrected chi connectivity index (χ0v) is 10.6. The maximum Gasteiger partial charge on any atom is 0.317 e. The molecule has 0 bridgehead atoms. The number of esters is 1. The third-order valence-electron chi connectivity index (χ3n) is 2.62. The summed E-state index contributed by atoms with van der Waals surface area (Å²) in [6, 6.07) is 4.78. The molecule has 0 fully saturated rings. The van der Waals surface area contributed by atoms with E-state index in [0.717, 1.165) is 6.26 Å². The summed E-state index contributed by atoms with van der Waals surface area (Å²) in [5, 5.41) is 0.277. The molecule has 0 aliphatic heterocycles. The van der Waals surface area contributed by atoms with E-state index < -0.39 is 11.4 Å². The molecule has 1 aromatic heterocycles. The Kier molecular flexibility index (Phi) is 3.96. The zero-order valence-electron chi connectivity index (χ0n) is 10.6. The Balaban J connectivity index is 2.42. The number of hydrogen-bond acceptors (Lipinski definition) is 5. The second kappa shape index (κ2) is 5.85. The van der Waals surface area contributed by atoms with E-state index in [0.29, 0.717) is 17.4 Å². The highest BCUT2D eigenvalue weighted by molar-refractivity contribution is 5.85. The first kappa shape index (κ1) is 13.6. The van der Waals surface area contributed by atoms with E-state index >= 15 is 0 Å². The smallest absolute Gasteiger partial charge is 0.317 e. The molecule has 2 rings (SSSR count). The average Bonchev–Trinajstić information content (AvgIpc) is 2.48. The molecule has 0 spiro atoms. The number of ether oxygens (including phenoxy) is 1. The number of benzene rings is 1. The second-order valence-electron chi connectivity index (χ2n) is 3.90. The monoisotopic (exact) mass is 270 g/mol. The molecule has 1 heterocycles. The number of rotatable bonds is 2. The van der Waals surface area contributed by atoms with Gasteiger partial charge in [-0.15, -0.1) is 0 Å². The molecule has 0 N–H and O–H groups in total. The fourth-order valence-electron chi connectivity index (χ4n) is 1.60. The lowest BCUT2D eigenvalue weighted by molar-refractivity contribution is -0.139. The molecule has 5 heteroatoms. The third-order valence-corrected chi connectivity index (χ3v) is 2.62. The van der Waals surface area contributed by atoms with Crippen LogP contribution in [0.25, 0.3) is 11.0 Å². The van der Waals surface area contributed by atoms with E-state index in [9.17, 15) is 14.4 Å². The normalized spacial score (nSPS) is 9.65. The van der Waals surface area contributed by atoms with Crippen LogP contribution in [0.5, 0.6) is 0 Å². The fraction of sp³-hybridized carbons (Fsp3) is 0.133. The van der Waals surface area contributed by atoms with Gasteiger partial charge in [-0.2, -0.15) is 0 Å². The second-order valence-corrected chi connectivity index (χ2v) is 3.90. The maximum absolute atomic E-state index is 11.9. The Morgan fingerprint density at radius 2 is 2.25 bits per heavy atom. The molecule has 0 amide bonds. The highest BCUT2D eigenvalue weighted by Crippen LogP contribution is 2.12. The summed E-state index contributed by atoms with van der Waals surface area (Å²) >= 11 is 0. The van der Waals surface area contributed by atoms with Crippen molar-refractivity contribution in [1.82, 2.24) is 0 Å². The topological polar surface area (TPSA) is 73.6 Å². The van der Waals surface area contributed by atoms with Gasteiger partial charge >= 0.3 is 5.97 Å². The third kappa shape index (κ3) is 2.75. The summed E-state index contributed by atoms with van der Waals surface area (Å²) < 4.78 is 9.64. The van der Waals surface area contributed by atoms with Gasteiger partial charge in [-0.25, -0.2) is 0 Å². The van der Waals surface area contributed by atoms with Gasteiger partial charge in [-0.3, -0.25) is 14.4 Å². The highest BCUT2D eigenvalue weighted by atomic mass is 16.5. The molecule has 0 aliphatic rings. The summed E-state index contributed by atoms with van der Waals surface area (Å²) in [7, 11) is 1.28. The Bertz CT molecular complexity index is 789. The number of aldehydes is 1. The predicted octanol–water partition coefficient (Wildman–Crippen LogP) is 1.52. The zero-order chi connectivity index (χ0) is 14.5. The fourth-order valence-corrected chi connectivity index (χ4v) is 1.60. The van der Waals surface area contributed by atoms with Crippen LogP contribution < -0.4 is 5.43 Å². The molecular weight excluding hydrogens is 260 g/mol. The molecule has 0 unspecified atom stereocenters. The molecule has 0 saturated heterocycles. The van der Waals surface area contributed by atoms with E-state index in [2.05, 4.69) is 16.6 Å². The van der Waals surface area contributed by atoms with Crippen molar-refractivity contribution < 1.29 is 18.7 Å². The summed E-state index contributed by atoms with van der Waals surface area (Å²) in [5.41, 5.74) is 0.478. The minimum Gasteiger partial charge on any atom is -0.468 e. The first-order valence-corrected chi connectivity index (χ1v) is 5.72. The van der Waals surface area contributed by atoms with Gasteiger partial charge in [0.15, 0.2) is 6.29 Å². The lowest BCUT2D eigenvalue weighted by atomic mass is 10.1. The van der Waals surface area contributed by atoms with Crippen LogP contribution in [0.3, 0.4) is 0 Å². The van der Waals surface area contributed by atoms with Gasteiger partial charge in [-0.05, 0) is 18.2 Å².